The zero-order valence-electron chi connectivity index (χ0n) is 14.6. The Hall–Kier alpha value is -3.40. The fraction of sp³-hybridized carbons (Fsp3) is 0.0870. The van der Waals surface area contributed by atoms with E-state index in [1.807, 2.05) is 54.6 Å². The van der Waals surface area contributed by atoms with E-state index in [1.165, 1.54) is 18.2 Å². The summed E-state index contributed by atoms with van der Waals surface area (Å²) in [5.74, 6) is -0.445. The van der Waals surface area contributed by atoms with Crippen LogP contribution in [0.2, 0.25) is 0 Å². The largest absolute Gasteiger partial charge is 0.505 e. The summed E-state index contributed by atoms with van der Waals surface area (Å²) in [6, 6.07) is 21.1. The number of hydrogen-bond acceptors (Lipinski definition) is 3. The second-order valence-corrected chi connectivity index (χ2v) is 6.06. The van der Waals surface area contributed by atoms with Crippen molar-refractivity contribution in [1.29, 1.82) is 0 Å². The minimum absolute atomic E-state index is 0.0917. The first-order valence-corrected chi connectivity index (χ1v) is 8.56. The number of carbonyl (C=O) groups excluding carboxylic acids is 1. The number of phenolic OH excluding ortho intramolecular Hbond substituents is 1. The van der Waals surface area contributed by atoms with Gasteiger partial charge in [0.15, 0.2) is 17.3 Å². The van der Waals surface area contributed by atoms with Crippen LogP contribution in [-0.2, 0) is 17.8 Å². The third-order valence-corrected chi connectivity index (χ3v) is 4.05. The fourth-order valence-electron chi connectivity index (χ4n) is 2.62. The van der Waals surface area contributed by atoms with Crippen molar-refractivity contribution in [3.63, 3.8) is 0 Å². The second-order valence-electron chi connectivity index (χ2n) is 6.06. The number of phenols is 1. The molecule has 0 spiro atoms. The van der Waals surface area contributed by atoms with E-state index in [-0.39, 0.29) is 12.2 Å². The lowest BCUT2D eigenvalue weighted by atomic mass is 10.0. The fourth-order valence-corrected chi connectivity index (χ4v) is 2.62. The SMILES string of the molecule is O=C(/C=C/c1ccc(F)c(O)c1)Cc1ccccc1COc1ccccc1. The molecule has 0 atom stereocenters. The lowest BCUT2D eigenvalue weighted by Gasteiger charge is -2.10. The van der Waals surface area contributed by atoms with Crippen LogP contribution in [-0.4, -0.2) is 10.9 Å². The summed E-state index contributed by atoms with van der Waals surface area (Å²) in [6.07, 6.45) is 3.23. The lowest BCUT2D eigenvalue weighted by Crippen LogP contribution is -2.05. The van der Waals surface area contributed by atoms with Gasteiger partial charge in [-0.25, -0.2) is 4.39 Å². The van der Waals surface area contributed by atoms with Gasteiger partial charge in [0.05, 0.1) is 0 Å². The van der Waals surface area contributed by atoms with Crippen LogP contribution in [0.4, 0.5) is 4.39 Å². The first-order chi connectivity index (χ1) is 13.1. The zero-order chi connectivity index (χ0) is 19.1. The minimum atomic E-state index is -0.689. The first-order valence-electron chi connectivity index (χ1n) is 8.56. The van der Waals surface area contributed by atoms with Gasteiger partial charge in [0.2, 0.25) is 0 Å². The standard InChI is InChI=1S/C23H19FO3/c24-22-13-11-17(14-23(22)26)10-12-20(25)15-18-6-4-5-7-19(18)16-27-21-8-2-1-3-9-21/h1-14,26H,15-16H2/b12-10+. The third-order valence-electron chi connectivity index (χ3n) is 4.05. The molecule has 0 heterocycles. The number of ether oxygens (including phenoxy) is 1. The number of halogens is 1. The smallest absolute Gasteiger partial charge is 0.164 e. The van der Waals surface area contributed by atoms with Crippen molar-refractivity contribution in [2.75, 3.05) is 0 Å². The van der Waals surface area contributed by atoms with Crippen molar-refractivity contribution >= 4 is 11.9 Å². The Bertz CT molecular complexity index is 949. The molecule has 1 N–H and O–H groups in total. The monoisotopic (exact) mass is 362 g/mol. The Morgan fingerprint density at radius 1 is 0.963 bits per heavy atom. The van der Waals surface area contributed by atoms with E-state index in [0.29, 0.717) is 12.2 Å². The first kappa shape index (κ1) is 18.4. The molecular formula is C23H19FO3. The van der Waals surface area contributed by atoms with E-state index >= 15 is 0 Å². The summed E-state index contributed by atoms with van der Waals surface area (Å²) >= 11 is 0. The molecule has 0 aliphatic carbocycles. The molecule has 3 nitrogen and oxygen atoms in total. The molecule has 0 saturated heterocycles. The highest BCUT2D eigenvalue weighted by atomic mass is 19.1. The quantitative estimate of drug-likeness (QED) is 0.606. The van der Waals surface area contributed by atoms with E-state index in [2.05, 4.69) is 0 Å². The highest BCUT2D eigenvalue weighted by molar-refractivity contribution is 5.95. The Labute approximate surface area is 157 Å². The second kappa shape index (κ2) is 8.81. The molecule has 0 saturated carbocycles. The Kier molecular flexibility index (Phi) is 6.00. The van der Waals surface area contributed by atoms with Gasteiger partial charge in [0.25, 0.3) is 0 Å². The number of rotatable bonds is 7. The van der Waals surface area contributed by atoms with Crippen LogP contribution in [0.5, 0.6) is 11.5 Å². The Morgan fingerprint density at radius 2 is 1.67 bits per heavy atom. The minimum Gasteiger partial charge on any atom is -0.505 e. The molecule has 3 rings (SSSR count). The molecular weight excluding hydrogens is 343 g/mol. The number of para-hydroxylation sites is 1. The topological polar surface area (TPSA) is 46.5 Å². The van der Waals surface area contributed by atoms with Crippen LogP contribution in [0, 0.1) is 5.82 Å². The van der Waals surface area contributed by atoms with Crippen molar-refractivity contribution in [3.05, 3.63) is 101 Å². The number of ketones is 1. The molecule has 0 amide bonds. The number of benzene rings is 3. The number of carbonyl (C=O) groups is 1. The van der Waals surface area contributed by atoms with E-state index in [9.17, 15) is 14.3 Å². The zero-order valence-corrected chi connectivity index (χ0v) is 14.6. The van der Waals surface area contributed by atoms with Crippen LogP contribution in [0.25, 0.3) is 6.08 Å². The maximum absolute atomic E-state index is 13.1. The molecule has 136 valence electrons. The molecule has 0 aliphatic heterocycles. The predicted molar refractivity (Wildman–Crippen MR) is 103 cm³/mol. The number of hydrogen-bond donors (Lipinski definition) is 1. The highest BCUT2D eigenvalue weighted by Gasteiger charge is 2.07. The van der Waals surface area contributed by atoms with Crippen molar-refractivity contribution < 1.29 is 19.0 Å². The molecule has 3 aromatic rings. The van der Waals surface area contributed by atoms with Gasteiger partial charge in [0.1, 0.15) is 12.4 Å². The van der Waals surface area contributed by atoms with Crippen molar-refractivity contribution in [1.82, 2.24) is 0 Å². The van der Waals surface area contributed by atoms with Gasteiger partial charge in [-0.1, -0.05) is 54.6 Å². The van der Waals surface area contributed by atoms with Gasteiger partial charge in [-0.05, 0) is 47.0 Å². The summed E-state index contributed by atoms with van der Waals surface area (Å²) in [4.78, 5) is 12.3. The van der Waals surface area contributed by atoms with Gasteiger partial charge in [-0.3, -0.25) is 4.79 Å². The number of aromatic hydroxyl groups is 1. The van der Waals surface area contributed by atoms with Crippen LogP contribution in [0.3, 0.4) is 0 Å². The van der Waals surface area contributed by atoms with Crippen LogP contribution < -0.4 is 4.74 Å². The van der Waals surface area contributed by atoms with Gasteiger partial charge < -0.3 is 9.84 Å². The van der Waals surface area contributed by atoms with Crippen molar-refractivity contribution in [2.45, 2.75) is 13.0 Å². The van der Waals surface area contributed by atoms with Crippen LogP contribution in [0.1, 0.15) is 16.7 Å². The Balaban J connectivity index is 1.65. The molecule has 27 heavy (non-hydrogen) atoms. The summed E-state index contributed by atoms with van der Waals surface area (Å²) in [5, 5.41) is 9.38. The summed E-state index contributed by atoms with van der Waals surface area (Å²) in [6.45, 7) is 0.378. The molecule has 3 aromatic carbocycles. The molecule has 0 fully saturated rings. The maximum atomic E-state index is 13.1. The average molecular weight is 362 g/mol. The van der Waals surface area contributed by atoms with Crippen molar-refractivity contribution in [3.8, 4) is 11.5 Å². The Morgan fingerprint density at radius 3 is 2.41 bits per heavy atom. The third kappa shape index (κ3) is 5.28. The molecule has 0 aromatic heterocycles. The number of allylic oxidation sites excluding steroid dienone is 1. The summed E-state index contributed by atoms with van der Waals surface area (Å²) in [5.41, 5.74) is 2.40. The lowest BCUT2D eigenvalue weighted by molar-refractivity contribution is -0.113. The molecule has 0 aliphatic rings. The molecule has 0 bridgehead atoms. The molecule has 4 heteroatoms. The normalized spacial score (nSPS) is 10.9. The van der Waals surface area contributed by atoms with Gasteiger partial charge in [-0.15, -0.1) is 0 Å². The highest BCUT2D eigenvalue weighted by Crippen LogP contribution is 2.18. The van der Waals surface area contributed by atoms with E-state index in [0.717, 1.165) is 22.9 Å². The van der Waals surface area contributed by atoms with E-state index < -0.39 is 11.6 Å². The van der Waals surface area contributed by atoms with Gasteiger partial charge in [-0.2, -0.15) is 0 Å². The summed E-state index contributed by atoms with van der Waals surface area (Å²) < 4.78 is 18.8. The van der Waals surface area contributed by atoms with Crippen LogP contribution >= 0.6 is 0 Å². The predicted octanol–water partition coefficient (Wildman–Crippen LogP) is 4.94. The van der Waals surface area contributed by atoms with Gasteiger partial charge in [0, 0.05) is 6.42 Å². The summed E-state index contributed by atoms with van der Waals surface area (Å²) in [7, 11) is 0. The molecule has 0 radical (unpaired) electrons. The average Bonchev–Trinajstić information content (AvgIpc) is 2.69. The molecule has 0 unspecified atom stereocenters. The van der Waals surface area contributed by atoms with E-state index in [1.54, 1.807) is 6.08 Å². The van der Waals surface area contributed by atoms with E-state index in [4.69, 9.17) is 4.74 Å². The maximum Gasteiger partial charge on any atom is 0.164 e. The van der Waals surface area contributed by atoms with Gasteiger partial charge >= 0.3 is 0 Å². The van der Waals surface area contributed by atoms with Crippen LogP contribution in [0.15, 0.2) is 78.9 Å². The van der Waals surface area contributed by atoms with Crippen molar-refractivity contribution in [2.24, 2.45) is 0 Å².